The third-order valence-electron chi connectivity index (χ3n) is 2.63. The van der Waals surface area contributed by atoms with Gasteiger partial charge in [0.1, 0.15) is 5.69 Å². The second-order valence-corrected chi connectivity index (χ2v) is 3.57. The minimum absolute atomic E-state index is 0.317. The lowest BCUT2D eigenvalue weighted by Crippen LogP contribution is -2.18. The van der Waals surface area contributed by atoms with Gasteiger partial charge in [-0.2, -0.15) is 15.3 Å². The van der Waals surface area contributed by atoms with Gasteiger partial charge >= 0.3 is 0 Å². The van der Waals surface area contributed by atoms with E-state index in [4.69, 9.17) is 10.5 Å². The zero-order valence-electron chi connectivity index (χ0n) is 9.87. The van der Waals surface area contributed by atoms with E-state index in [0.29, 0.717) is 5.75 Å². The summed E-state index contributed by atoms with van der Waals surface area (Å²) < 4.78 is 7.09. The summed E-state index contributed by atoms with van der Waals surface area (Å²) in [5.41, 5.74) is 7.94. The van der Waals surface area contributed by atoms with Crippen molar-refractivity contribution in [2.24, 2.45) is 5.73 Å². The highest BCUT2D eigenvalue weighted by Crippen LogP contribution is 2.27. The van der Waals surface area contributed by atoms with Crippen molar-refractivity contribution in [2.75, 3.05) is 7.11 Å². The first kappa shape index (κ1) is 11.5. The number of hydrogen-bond donors (Lipinski definition) is 1. The van der Waals surface area contributed by atoms with Crippen LogP contribution in [0.4, 0.5) is 0 Å². The highest BCUT2D eigenvalue weighted by molar-refractivity contribution is 5.34. The lowest BCUT2D eigenvalue weighted by atomic mass is 10.1. The van der Waals surface area contributed by atoms with Crippen molar-refractivity contribution < 1.29 is 4.74 Å². The van der Waals surface area contributed by atoms with Crippen LogP contribution in [0.15, 0.2) is 24.7 Å². The molecule has 6 nitrogen and oxygen atoms in total. The van der Waals surface area contributed by atoms with E-state index in [9.17, 15) is 0 Å². The Labute approximate surface area is 99.4 Å². The van der Waals surface area contributed by atoms with Crippen LogP contribution < -0.4 is 10.5 Å². The van der Waals surface area contributed by atoms with Crippen LogP contribution in [0.1, 0.15) is 24.2 Å². The maximum atomic E-state index is 6.20. The maximum Gasteiger partial charge on any atom is 0.161 e. The van der Waals surface area contributed by atoms with Crippen molar-refractivity contribution in [3.8, 4) is 5.75 Å². The zero-order chi connectivity index (χ0) is 12.3. The molecule has 2 heterocycles. The van der Waals surface area contributed by atoms with Gasteiger partial charge in [0.25, 0.3) is 0 Å². The van der Waals surface area contributed by atoms with Gasteiger partial charge in [-0.25, -0.2) is 0 Å². The normalized spacial score (nSPS) is 12.4. The topological polar surface area (TPSA) is 78.9 Å². The van der Waals surface area contributed by atoms with E-state index in [-0.39, 0.29) is 6.04 Å². The first-order chi connectivity index (χ1) is 8.27. The Bertz CT molecular complexity index is 460. The fraction of sp³-hybridized carbons (Fsp3) is 0.364. The highest BCUT2D eigenvalue weighted by Gasteiger charge is 2.19. The molecule has 2 N–H and O–H groups in total. The molecule has 1 atom stereocenters. The van der Waals surface area contributed by atoms with Gasteiger partial charge in [0.2, 0.25) is 0 Å². The van der Waals surface area contributed by atoms with Gasteiger partial charge in [-0.1, -0.05) is 0 Å². The largest absolute Gasteiger partial charge is 0.493 e. The molecular weight excluding hydrogens is 218 g/mol. The predicted octanol–water partition coefficient (Wildman–Crippen LogP) is 0.750. The van der Waals surface area contributed by atoms with Gasteiger partial charge in [-0.05, 0) is 18.6 Å². The number of nitrogens with two attached hydrogens (primary N) is 1. The third-order valence-corrected chi connectivity index (χ3v) is 2.63. The molecule has 0 aliphatic rings. The summed E-state index contributed by atoms with van der Waals surface area (Å²) in [6.07, 6.45) is 4.94. The molecule has 2 aromatic heterocycles. The van der Waals surface area contributed by atoms with Crippen LogP contribution >= 0.6 is 0 Å². The summed E-state index contributed by atoms with van der Waals surface area (Å²) in [6, 6.07) is 1.52. The van der Waals surface area contributed by atoms with Crippen LogP contribution in [0.2, 0.25) is 0 Å². The lowest BCUT2D eigenvalue weighted by Gasteiger charge is -2.14. The number of hydrogen-bond acceptors (Lipinski definition) is 5. The Morgan fingerprint density at radius 2 is 2.24 bits per heavy atom. The summed E-state index contributed by atoms with van der Waals surface area (Å²) in [6.45, 7) is 2.75. The predicted molar refractivity (Wildman–Crippen MR) is 62.5 cm³/mol. The summed E-state index contributed by atoms with van der Waals surface area (Å²) >= 11 is 0. The SMILES string of the molecule is CCn1ncc(OC)c1C(N)c1ccnnc1. The minimum Gasteiger partial charge on any atom is -0.493 e. The number of aryl methyl sites for hydroxylation is 1. The van der Waals surface area contributed by atoms with E-state index in [1.165, 1.54) is 0 Å². The van der Waals surface area contributed by atoms with E-state index in [2.05, 4.69) is 15.3 Å². The molecule has 0 aliphatic carbocycles. The monoisotopic (exact) mass is 233 g/mol. The molecule has 90 valence electrons. The molecule has 6 heteroatoms. The Balaban J connectivity index is 2.42. The van der Waals surface area contributed by atoms with Crippen molar-refractivity contribution in [3.05, 3.63) is 35.9 Å². The molecule has 0 radical (unpaired) electrons. The van der Waals surface area contributed by atoms with Crippen LogP contribution in [-0.4, -0.2) is 27.1 Å². The summed E-state index contributed by atoms with van der Waals surface area (Å²) in [4.78, 5) is 0. The van der Waals surface area contributed by atoms with Crippen LogP contribution in [0.3, 0.4) is 0 Å². The fourth-order valence-electron chi connectivity index (χ4n) is 1.74. The fourth-order valence-corrected chi connectivity index (χ4v) is 1.74. The molecule has 0 saturated carbocycles. The molecule has 2 rings (SSSR count). The van der Waals surface area contributed by atoms with Gasteiger partial charge in [-0.3, -0.25) is 4.68 Å². The molecule has 0 fully saturated rings. The van der Waals surface area contributed by atoms with Crippen molar-refractivity contribution in [1.82, 2.24) is 20.0 Å². The average Bonchev–Trinajstić information content (AvgIpc) is 2.81. The van der Waals surface area contributed by atoms with Gasteiger partial charge < -0.3 is 10.5 Å². The van der Waals surface area contributed by atoms with Crippen LogP contribution in [0, 0.1) is 0 Å². The van der Waals surface area contributed by atoms with E-state index in [1.807, 2.05) is 17.7 Å². The van der Waals surface area contributed by atoms with Crippen LogP contribution in [0.5, 0.6) is 5.75 Å². The second-order valence-electron chi connectivity index (χ2n) is 3.57. The first-order valence-corrected chi connectivity index (χ1v) is 5.39. The molecule has 1 unspecified atom stereocenters. The average molecular weight is 233 g/mol. The minimum atomic E-state index is -0.317. The Morgan fingerprint density at radius 1 is 1.41 bits per heavy atom. The van der Waals surface area contributed by atoms with E-state index in [0.717, 1.165) is 17.8 Å². The smallest absolute Gasteiger partial charge is 0.161 e. The van der Waals surface area contributed by atoms with Gasteiger partial charge in [0, 0.05) is 12.7 Å². The number of nitrogens with zero attached hydrogens (tertiary/aromatic N) is 4. The number of aromatic nitrogens is 4. The molecular formula is C11H15N5O. The number of ether oxygens (including phenoxy) is 1. The van der Waals surface area contributed by atoms with E-state index < -0.39 is 0 Å². The van der Waals surface area contributed by atoms with Gasteiger partial charge in [0.15, 0.2) is 5.75 Å². The maximum absolute atomic E-state index is 6.20. The Morgan fingerprint density at radius 3 is 2.82 bits per heavy atom. The molecule has 0 aliphatic heterocycles. The Kier molecular flexibility index (Phi) is 3.34. The van der Waals surface area contributed by atoms with Crippen LogP contribution in [0.25, 0.3) is 0 Å². The first-order valence-electron chi connectivity index (χ1n) is 5.39. The highest BCUT2D eigenvalue weighted by atomic mass is 16.5. The quantitative estimate of drug-likeness (QED) is 0.843. The van der Waals surface area contributed by atoms with Gasteiger partial charge in [0.05, 0.1) is 25.5 Å². The van der Waals surface area contributed by atoms with E-state index >= 15 is 0 Å². The van der Waals surface area contributed by atoms with Crippen molar-refractivity contribution in [3.63, 3.8) is 0 Å². The Hall–Kier alpha value is -1.95. The van der Waals surface area contributed by atoms with Crippen LogP contribution in [-0.2, 0) is 6.54 Å². The molecule has 17 heavy (non-hydrogen) atoms. The van der Waals surface area contributed by atoms with E-state index in [1.54, 1.807) is 25.7 Å². The lowest BCUT2D eigenvalue weighted by molar-refractivity contribution is 0.404. The van der Waals surface area contributed by atoms with Crippen molar-refractivity contribution >= 4 is 0 Å². The third kappa shape index (κ3) is 2.12. The standard InChI is InChI=1S/C11H15N5O/c1-3-16-11(9(17-2)7-15-16)10(12)8-4-5-13-14-6-8/h4-7,10H,3,12H2,1-2H3. The number of methoxy groups -OCH3 is 1. The molecule has 0 aromatic carbocycles. The summed E-state index contributed by atoms with van der Waals surface area (Å²) in [5, 5.41) is 11.8. The van der Waals surface area contributed by atoms with Gasteiger partial charge in [-0.15, -0.1) is 0 Å². The zero-order valence-corrected chi connectivity index (χ0v) is 9.87. The summed E-state index contributed by atoms with van der Waals surface area (Å²) in [5.74, 6) is 0.691. The molecule has 0 spiro atoms. The molecule has 2 aromatic rings. The molecule has 0 bridgehead atoms. The summed E-state index contributed by atoms with van der Waals surface area (Å²) in [7, 11) is 1.61. The molecule has 0 saturated heterocycles. The molecule has 0 amide bonds. The van der Waals surface area contributed by atoms with Crippen molar-refractivity contribution in [1.29, 1.82) is 0 Å². The second kappa shape index (κ2) is 4.92. The number of rotatable bonds is 4. The van der Waals surface area contributed by atoms with Crippen molar-refractivity contribution in [2.45, 2.75) is 19.5 Å².